The number of hydrogen-bond donors (Lipinski definition) is 3. The number of amides is 3. The first-order valence-electron chi connectivity index (χ1n) is 24.1. The van der Waals surface area contributed by atoms with Gasteiger partial charge in [0.2, 0.25) is 5.91 Å². The van der Waals surface area contributed by atoms with E-state index >= 15 is 0 Å². The summed E-state index contributed by atoms with van der Waals surface area (Å²) < 4.78 is 5.92. The Balaban J connectivity index is 0.00000266. The smallest absolute Gasteiger partial charge is 0.254 e. The van der Waals surface area contributed by atoms with E-state index in [1.54, 1.807) is 4.90 Å². The molecule has 1 saturated heterocycles. The van der Waals surface area contributed by atoms with Gasteiger partial charge in [-0.25, -0.2) is 0 Å². The van der Waals surface area contributed by atoms with Crippen molar-refractivity contribution in [2.24, 2.45) is 0 Å². The van der Waals surface area contributed by atoms with Crippen molar-refractivity contribution in [3.8, 4) is 18.6 Å². The molecule has 3 amide bonds. The number of hydrogen-bond acceptors (Lipinski definition) is 6. The van der Waals surface area contributed by atoms with Crippen LogP contribution in [0.4, 0.5) is 0 Å². The molecule has 67 heavy (non-hydrogen) atoms. The molecule has 0 bridgehead atoms. The summed E-state index contributed by atoms with van der Waals surface area (Å²) in [5.74, 6) is 0.586. The Morgan fingerprint density at radius 1 is 0.910 bits per heavy atom. The minimum Gasteiger partial charge on any atom is -0.489 e. The van der Waals surface area contributed by atoms with Gasteiger partial charge in [0, 0.05) is 45.4 Å². The van der Waals surface area contributed by atoms with Crippen LogP contribution >= 0.6 is 0 Å². The zero-order chi connectivity index (χ0) is 49.7. The molecular weight excluding hydrogens is 833 g/mol. The van der Waals surface area contributed by atoms with Gasteiger partial charge in [-0.2, -0.15) is 0 Å². The van der Waals surface area contributed by atoms with Crippen molar-refractivity contribution in [2.45, 2.75) is 105 Å². The maximum atomic E-state index is 13.8. The number of rotatable bonds is 21. The van der Waals surface area contributed by atoms with Crippen molar-refractivity contribution >= 4 is 17.7 Å². The second kappa shape index (κ2) is 36.9. The number of nitrogens with one attached hydrogen (secondary N) is 2. The molecule has 3 N–H and O–H groups in total. The lowest BCUT2D eigenvalue weighted by molar-refractivity contribution is -0.127. The fraction of sp³-hybridized carbons (Fsp3) is 0.397. The highest BCUT2D eigenvalue weighted by Gasteiger charge is 2.36. The molecule has 3 aromatic carbocycles. The molecule has 0 aromatic heterocycles. The number of nitrogens with zero attached hydrogens (tertiary/aromatic N) is 2. The molecule has 362 valence electrons. The molecule has 0 saturated carbocycles. The summed E-state index contributed by atoms with van der Waals surface area (Å²) in [6.45, 7) is 17.6. The lowest BCUT2D eigenvalue weighted by Gasteiger charge is -2.27. The molecule has 9 heteroatoms. The van der Waals surface area contributed by atoms with Crippen LogP contribution in [0.3, 0.4) is 0 Å². The first-order valence-corrected chi connectivity index (χ1v) is 24.1. The third-order valence-corrected chi connectivity index (χ3v) is 10.7. The number of aliphatic hydroxyl groups excluding tert-OH is 1. The van der Waals surface area contributed by atoms with E-state index in [0.29, 0.717) is 56.7 Å². The van der Waals surface area contributed by atoms with Crippen molar-refractivity contribution in [3.63, 3.8) is 0 Å². The number of ether oxygens (including phenoxy) is 1. The van der Waals surface area contributed by atoms with Crippen LogP contribution in [0.2, 0.25) is 0 Å². The van der Waals surface area contributed by atoms with E-state index in [2.05, 4.69) is 85.9 Å². The van der Waals surface area contributed by atoms with E-state index in [-0.39, 0.29) is 30.4 Å². The van der Waals surface area contributed by atoms with E-state index in [0.717, 1.165) is 56.1 Å². The molecule has 3 aromatic rings. The number of likely N-dealkylation sites (tertiary alicyclic amines) is 1. The molecule has 1 aliphatic carbocycles. The quantitative estimate of drug-likeness (QED) is 0.0425. The summed E-state index contributed by atoms with van der Waals surface area (Å²) in [6.07, 6.45) is 32.1. The number of aliphatic hydroxyl groups is 1. The Morgan fingerprint density at radius 3 is 2.22 bits per heavy atom. The Hall–Kier alpha value is -6.21. The Labute approximate surface area is 404 Å². The molecule has 1 aliphatic heterocycles. The minimum atomic E-state index is -0.467. The molecule has 0 spiro atoms. The van der Waals surface area contributed by atoms with E-state index in [9.17, 15) is 14.4 Å². The van der Waals surface area contributed by atoms with Crippen LogP contribution in [0.5, 0.6) is 5.75 Å². The zero-order valence-electron chi connectivity index (χ0n) is 41.8. The summed E-state index contributed by atoms with van der Waals surface area (Å²) in [5, 5.41) is 13.7. The highest BCUT2D eigenvalue weighted by molar-refractivity contribution is 5.99. The van der Waals surface area contributed by atoms with E-state index < -0.39 is 6.04 Å². The number of carbonyl (C=O) groups is 3. The topological polar surface area (TPSA) is 111 Å². The monoisotopic (exact) mass is 913 g/mol. The third kappa shape index (κ3) is 21.3. The molecule has 2 aliphatic rings. The number of carbonyl (C=O) groups excluding carboxylic acids is 3. The van der Waals surface area contributed by atoms with Crippen LogP contribution in [0, 0.1) is 12.8 Å². The predicted molar refractivity (Wildman–Crippen MR) is 281 cm³/mol. The van der Waals surface area contributed by atoms with E-state index in [4.69, 9.17) is 9.84 Å². The van der Waals surface area contributed by atoms with Crippen LogP contribution < -0.4 is 15.4 Å². The Morgan fingerprint density at radius 2 is 1.58 bits per heavy atom. The maximum Gasteiger partial charge on any atom is 0.254 e. The molecule has 0 radical (unpaired) electrons. The highest BCUT2D eigenvalue weighted by atomic mass is 16.5. The Bertz CT molecular complexity index is 2050. The molecule has 1 heterocycles. The molecule has 1 fully saturated rings. The molecule has 2 atom stereocenters. The van der Waals surface area contributed by atoms with Gasteiger partial charge in [-0.15, -0.1) is 12.8 Å². The van der Waals surface area contributed by atoms with Gasteiger partial charge < -0.3 is 30.3 Å². The van der Waals surface area contributed by atoms with Crippen LogP contribution in [0.25, 0.3) is 0 Å². The fourth-order valence-electron chi connectivity index (χ4n) is 7.45. The lowest BCUT2D eigenvalue weighted by Crippen LogP contribution is -2.48. The number of benzene rings is 3. The first kappa shape index (κ1) is 58.8. The molecule has 2 unspecified atom stereocenters. The first-order chi connectivity index (χ1) is 32.9. The summed E-state index contributed by atoms with van der Waals surface area (Å²) in [5.41, 5.74) is 5.94. The number of terminal acetylenes is 1. The van der Waals surface area contributed by atoms with Crippen molar-refractivity contribution in [1.29, 1.82) is 0 Å². The second-order valence-corrected chi connectivity index (χ2v) is 15.0. The van der Waals surface area contributed by atoms with Crippen molar-refractivity contribution in [2.75, 3.05) is 46.4 Å². The largest absolute Gasteiger partial charge is 0.489 e. The molecule has 9 nitrogen and oxygen atoms in total. The van der Waals surface area contributed by atoms with Crippen molar-refractivity contribution in [3.05, 3.63) is 173 Å². The third-order valence-electron chi connectivity index (χ3n) is 10.7. The van der Waals surface area contributed by atoms with Gasteiger partial charge in [0.05, 0.1) is 11.6 Å². The van der Waals surface area contributed by atoms with Gasteiger partial charge in [0.25, 0.3) is 11.8 Å². The predicted octanol–water partition coefficient (Wildman–Crippen LogP) is 10.9. The number of allylic oxidation sites excluding steroid dienone is 8. The Kier molecular flexibility index (Phi) is 32.4. The van der Waals surface area contributed by atoms with Crippen LogP contribution in [0.1, 0.15) is 108 Å². The van der Waals surface area contributed by atoms with Gasteiger partial charge in [0.1, 0.15) is 18.4 Å². The lowest BCUT2D eigenvalue weighted by atomic mass is 9.97. The van der Waals surface area contributed by atoms with Gasteiger partial charge in [-0.3, -0.25) is 14.4 Å². The highest BCUT2D eigenvalue weighted by Crippen LogP contribution is 2.25. The van der Waals surface area contributed by atoms with Crippen molar-refractivity contribution in [1.82, 2.24) is 20.4 Å². The van der Waals surface area contributed by atoms with E-state index in [1.165, 1.54) is 11.1 Å². The molecular formula is C58H80N4O5. The fourth-order valence-corrected chi connectivity index (χ4v) is 7.45. The summed E-state index contributed by atoms with van der Waals surface area (Å²) in [7, 11) is 1.00. The molecule has 5 rings (SSSR count). The summed E-state index contributed by atoms with van der Waals surface area (Å²) in [4.78, 5) is 44.6. The SMILES string of the molecule is C#C.C/C=C\C=C(/COc1ccccc1)C(=O)N(CCC)CCNC/C=C\C(=C/C)CCC1=CCC(NC(=O)C2CCCN2C(=O)c2ccccc2Cc2ccccc2)C=C1.CC.CC.CO. The maximum absolute atomic E-state index is 13.8. The van der Waals surface area contributed by atoms with Crippen LogP contribution in [0.15, 0.2) is 156 Å². The summed E-state index contributed by atoms with van der Waals surface area (Å²) in [6, 6.07) is 26.9. The normalized spacial score (nSPS) is 15.3. The van der Waals surface area contributed by atoms with Gasteiger partial charge in [0.15, 0.2) is 0 Å². The standard InChI is InChI=1S/C51H62N4O4.2C2H6.C2H2.CH4O/c1-4-7-21-44(39-59-46-23-12-9-13-24-46)50(57)54(35-5-2)37-34-52-33-16-20-40(6-3)27-28-41-29-31-45(32-30-41)53-49(56)48-26-17-36-55(48)51(58)47-25-15-14-22-43(47)38-42-18-10-8-11-19-42;4*1-2/h4,6-16,18-25,29-31,45,48,52H,5,17,26-28,32-39H2,1-3H3,(H,53,56);2*1-2H3;1-2H;2H,1H3/b7-4-,20-16-,40-6+,44-21+;;;;. The average molecular weight is 913 g/mol. The van der Waals surface area contributed by atoms with Gasteiger partial charge in [-0.05, 0) is 88.1 Å². The summed E-state index contributed by atoms with van der Waals surface area (Å²) >= 11 is 0. The number of para-hydroxylation sites is 1. The van der Waals surface area contributed by atoms with Crippen LogP contribution in [-0.4, -0.2) is 91.2 Å². The second-order valence-electron chi connectivity index (χ2n) is 15.0. The van der Waals surface area contributed by atoms with Crippen LogP contribution in [-0.2, 0) is 16.0 Å². The average Bonchev–Trinajstić information content (AvgIpc) is 3.90. The van der Waals surface area contributed by atoms with E-state index in [1.807, 2.05) is 131 Å². The van der Waals surface area contributed by atoms with Gasteiger partial charge >= 0.3 is 0 Å². The van der Waals surface area contributed by atoms with Crippen molar-refractivity contribution < 1.29 is 24.2 Å². The zero-order valence-corrected chi connectivity index (χ0v) is 41.8. The minimum absolute atomic E-state index is 0.00153. The van der Waals surface area contributed by atoms with Gasteiger partial charge in [-0.1, -0.05) is 167 Å².